The first-order valence-corrected chi connectivity index (χ1v) is 6.57. The van der Waals surface area contributed by atoms with Gasteiger partial charge < -0.3 is 14.9 Å². The molecule has 0 heterocycles. The Labute approximate surface area is 109 Å². The average molecular weight is 252 g/mol. The first-order chi connectivity index (χ1) is 8.50. The van der Waals surface area contributed by atoms with Crippen molar-refractivity contribution in [3.8, 4) is 5.75 Å². The van der Waals surface area contributed by atoms with Gasteiger partial charge in [-0.1, -0.05) is 32.0 Å². The third-order valence-corrected chi connectivity index (χ3v) is 2.81. The first-order valence-electron chi connectivity index (χ1n) is 6.57. The number of hydrogen-bond donors (Lipinski definition) is 2. The monoisotopic (exact) mass is 252 g/mol. The van der Waals surface area contributed by atoms with E-state index in [1.165, 1.54) is 0 Å². The molecule has 2 N–H and O–H groups in total. The van der Waals surface area contributed by atoms with E-state index in [2.05, 4.69) is 13.8 Å². The predicted molar refractivity (Wildman–Crippen MR) is 72.8 cm³/mol. The minimum atomic E-state index is -0.686. The standard InChI is InChI=1S/C15H24O3/c1-11(2)10-18-15-7-5-4-6-13(15)8-9-14(17)12(3)16/h4-7,11-12,14,16-17H,8-10H2,1-3H3. The van der Waals surface area contributed by atoms with E-state index in [9.17, 15) is 10.2 Å². The van der Waals surface area contributed by atoms with Crippen LogP contribution in [-0.2, 0) is 6.42 Å². The van der Waals surface area contributed by atoms with Gasteiger partial charge >= 0.3 is 0 Å². The Morgan fingerprint density at radius 3 is 2.39 bits per heavy atom. The van der Waals surface area contributed by atoms with Crippen LogP contribution in [0, 0.1) is 5.92 Å². The highest BCUT2D eigenvalue weighted by molar-refractivity contribution is 5.33. The molecule has 0 saturated carbocycles. The highest BCUT2D eigenvalue weighted by Gasteiger charge is 2.12. The van der Waals surface area contributed by atoms with Crippen LogP contribution in [0.2, 0.25) is 0 Å². The molecule has 0 aliphatic heterocycles. The lowest BCUT2D eigenvalue weighted by Gasteiger charge is -2.16. The van der Waals surface area contributed by atoms with Gasteiger partial charge in [0.2, 0.25) is 0 Å². The molecule has 18 heavy (non-hydrogen) atoms. The molecular formula is C15H24O3. The number of hydrogen-bond acceptors (Lipinski definition) is 3. The highest BCUT2D eigenvalue weighted by atomic mass is 16.5. The fraction of sp³-hybridized carbons (Fsp3) is 0.600. The van der Waals surface area contributed by atoms with Crippen molar-refractivity contribution in [2.75, 3.05) is 6.61 Å². The van der Waals surface area contributed by atoms with Crippen LogP contribution in [0.3, 0.4) is 0 Å². The zero-order valence-electron chi connectivity index (χ0n) is 11.5. The summed E-state index contributed by atoms with van der Waals surface area (Å²) in [5, 5.41) is 18.9. The van der Waals surface area contributed by atoms with E-state index < -0.39 is 12.2 Å². The summed E-state index contributed by atoms with van der Waals surface area (Å²) in [6.07, 6.45) is -0.114. The van der Waals surface area contributed by atoms with Crippen molar-refractivity contribution in [1.82, 2.24) is 0 Å². The highest BCUT2D eigenvalue weighted by Crippen LogP contribution is 2.21. The number of aliphatic hydroxyl groups excluding tert-OH is 2. The summed E-state index contributed by atoms with van der Waals surface area (Å²) in [6.45, 7) is 6.52. The first kappa shape index (κ1) is 15.0. The van der Waals surface area contributed by atoms with E-state index in [1.54, 1.807) is 6.92 Å². The van der Waals surface area contributed by atoms with Gasteiger partial charge in [0.05, 0.1) is 18.8 Å². The maximum Gasteiger partial charge on any atom is 0.122 e. The molecule has 0 radical (unpaired) electrons. The summed E-state index contributed by atoms with van der Waals surface area (Å²) in [5.41, 5.74) is 1.08. The van der Waals surface area contributed by atoms with Gasteiger partial charge in [-0.25, -0.2) is 0 Å². The summed E-state index contributed by atoms with van der Waals surface area (Å²) in [5.74, 6) is 1.37. The molecule has 2 unspecified atom stereocenters. The van der Waals surface area contributed by atoms with Crippen molar-refractivity contribution in [3.05, 3.63) is 29.8 Å². The van der Waals surface area contributed by atoms with Crippen molar-refractivity contribution in [1.29, 1.82) is 0 Å². The van der Waals surface area contributed by atoms with E-state index in [1.807, 2.05) is 24.3 Å². The lowest BCUT2D eigenvalue weighted by atomic mass is 10.0. The van der Waals surface area contributed by atoms with Crippen molar-refractivity contribution >= 4 is 0 Å². The third kappa shape index (κ3) is 5.07. The molecule has 0 spiro atoms. The fourth-order valence-electron chi connectivity index (χ4n) is 1.65. The van der Waals surface area contributed by atoms with Crippen molar-refractivity contribution < 1.29 is 14.9 Å². The van der Waals surface area contributed by atoms with Crippen molar-refractivity contribution in [2.45, 2.75) is 45.8 Å². The van der Waals surface area contributed by atoms with Gasteiger partial charge in [0.1, 0.15) is 5.75 Å². The second-order valence-corrected chi connectivity index (χ2v) is 5.16. The molecule has 0 aromatic heterocycles. The Balaban J connectivity index is 2.58. The third-order valence-electron chi connectivity index (χ3n) is 2.81. The largest absolute Gasteiger partial charge is 0.493 e. The van der Waals surface area contributed by atoms with Crippen LogP contribution in [0.25, 0.3) is 0 Å². The van der Waals surface area contributed by atoms with Crippen molar-refractivity contribution in [2.24, 2.45) is 5.92 Å². The van der Waals surface area contributed by atoms with Crippen LogP contribution < -0.4 is 4.74 Å². The van der Waals surface area contributed by atoms with E-state index in [4.69, 9.17) is 4.74 Å². The van der Waals surface area contributed by atoms with E-state index in [-0.39, 0.29) is 0 Å². The minimum absolute atomic E-state index is 0.487. The molecule has 3 nitrogen and oxygen atoms in total. The summed E-state index contributed by atoms with van der Waals surface area (Å²) < 4.78 is 5.75. The second-order valence-electron chi connectivity index (χ2n) is 5.16. The summed E-state index contributed by atoms with van der Waals surface area (Å²) in [6, 6.07) is 7.87. The average Bonchev–Trinajstić information content (AvgIpc) is 2.34. The maximum absolute atomic E-state index is 9.61. The number of rotatable bonds is 7. The Kier molecular flexibility index (Phi) is 6.16. The molecule has 0 bridgehead atoms. The predicted octanol–water partition coefficient (Wildman–Crippen LogP) is 2.40. The fourth-order valence-corrected chi connectivity index (χ4v) is 1.65. The van der Waals surface area contributed by atoms with Gasteiger partial charge in [0.15, 0.2) is 0 Å². The molecule has 1 rings (SSSR count). The lowest BCUT2D eigenvalue weighted by Crippen LogP contribution is -2.23. The van der Waals surface area contributed by atoms with Crippen LogP contribution in [0.5, 0.6) is 5.75 Å². The molecule has 0 aliphatic carbocycles. The minimum Gasteiger partial charge on any atom is -0.493 e. The smallest absolute Gasteiger partial charge is 0.122 e. The van der Waals surface area contributed by atoms with E-state index in [0.717, 1.165) is 11.3 Å². The molecule has 0 amide bonds. The molecule has 0 aliphatic rings. The molecule has 1 aromatic carbocycles. The normalized spacial score (nSPS) is 14.6. The molecular weight excluding hydrogens is 228 g/mol. The Morgan fingerprint density at radius 2 is 1.78 bits per heavy atom. The Hall–Kier alpha value is -1.06. The zero-order valence-corrected chi connectivity index (χ0v) is 11.5. The zero-order chi connectivity index (χ0) is 13.5. The Bertz CT molecular complexity index is 347. The second kappa shape index (κ2) is 7.39. The number of benzene rings is 1. The molecule has 3 heteroatoms. The lowest BCUT2D eigenvalue weighted by molar-refractivity contribution is 0.0264. The van der Waals surface area contributed by atoms with Crippen LogP contribution >= 0.6 is 0 Å². The van der Waals surface area contributed by atoms with Gasteiger partial charge in [-0.05, 0) is 37.3 Å². The number of aryl methyl sites for hydroxylation is 1. The number of aliphatic hydroxyl groups is 2. The summed E-state index contributed by atoms with van der Waals surface area (Å²) in [4.78, 5) is 0. The van der Waals surface area contributed by atoms with E-state index in [0.29, 0.717) is 25.4 Å². The van der Waals surface area contributed by atoms with Crippen LogP contribution in [-0.4, -0.2) is 29.0 Å². The molecule has 102 valence electrons. The maximum atomic E-state index is 9.61. The van der Waals surface area contributed by atoms with Gasteiger partial charge in [-0.15, -0.1) is 0 Å². The Morgan fingerprint density at radius 1 is 1.11 bits per heavy atom. The van der Waals surface area contributed by atoms with Gasteiger partial charge in [-0.3, -0.25) is 0 Å². The molecule has 0 saturated heterocycles. The molecule has 2 atom stereocenters. The SMILES string of the molecule is CC(C)COc1ccccc1CCC(O)C(C)O. The summed E-state index contributed by atoms with van der Waals surface area (Å²) in [7, 11) is 0. The number of para-hydroxylation sites is 1. The van der Waals surface area contributed by atoms with Crippen LogP contribution in [0.4, 0.5) is 0 Å². The van der Waals surface area contributed by atoms with E-state index >= 15 is 0 Å². The van der Waals surface area contributed by atoms with Crippen LogP contribution in [0.1, 0.15) is 32.8 Å². The summed E-state index contributed by atoms with van der Waals surface area (Å²) >= 11 is 0. The van der Waals surface area contributed by atoms with Gasteiger partial charge in [-0.2, -0.15) is 0 Å². The van der Waals surface area contributed by atoms with Crippen LogP contribution in [0.15, 0.2) is 24.3 Å². The topological polar surface area (TPSA) is 49.7 Å². The molecule has 0 fully saturated rings. The van der Waals surface area contributed by atoms with Crippen molar-refractivity contribution in [3.63, 3.8) is 0 Å². The number of ether oxygens (including phenoxy) is 1. The van der Waals surface area contributed by atoms with Gasteiger partial charge in [0.25, 0.3) is 0 Å². The quantitative estimate of drug-likeness (QED) is 0.783. The van der Waals surface area contributed by atoms with Gasteiger partial charge in [0, 0.05) is 0 Å². The molecule has 1 aromatic rings.